The van der Waals surface area contributed by atoms with Crippen LogP contribution in [0.3, 0.4) is 0 Å². The minimum atomic E-state index is -0.882. The molecule has 6 heteroatoms. The van der Waals surface area contributed by atoms with Gasteiger partial charge in [-0.3, -0.25) is 14.5 Å². The van der Waals surface area contributed by atoms with E-state index in [1.165, 1.54) is 35.4 Å². The first kappa shape index (κ1) is 16.0. The highest BCUT2D eigenvalue weighted by atomic mass is 19.1. The van der Waals surface area contributed by atoms with Crippen LogP contribution in [-0.4, -0.2) is 16.8 Å². The smallest absolute Gasteiger partial charge is 0.294 e. The van der Waals surface area contributed by atoms with E-state index in [4.69, 9.17) is 4.42 Å². The van der Waals surface area contributed by atoms with Crippen LogP contribution in [0.15, 0.2) is 58.4 Å². The largest absolute Gasteiger partial charge is 0.503 e. The Morgan fingerprint density at radius 1 is 1.25 bits per heavy atom. The number of ketones is 1. The monoisotopic (exact) mass is 329 g/mol. The molecule has 3 rings (SSSR count). The Bertz CT molecular complexity index is 806. The van der Waals surface area contributed by atoms with Gasteiger partial charge >= 0.3 is 0 Å². The van der Waals surface area contributed by atoms with Gasteiger partial charge in [0.15, 0.2) is 11.5 Å². The molecule has 1 amide bonds. The van der Waals surface area contributed by atoms with E-state index in [-0.39, 0.29) is 11.4 Å². The number of aliphatic hydroxyl groups is 1. The molecule has 1 unspecified atom stereocenters. The Morgan fingerprint density at radius 3 is 2.46 bits per heavy atom. The molecule has 1 aliphatic heterocycles. The standard InChI is InChI=1S/C18H16FNO4/c1-10(2)16(21)14-15(13-4-3-9-24-13)20(18(23)17(14)22)12-7-5-11(19)6-8-12/h3-10,15,22H,1-2H3. The van der Waals surface area contributed by atoms with E-state index in [1.807, 2.05) is 0 Å². The third-order valence-corrected chi connectivity index (χ3v) is 3.92. The fraction of sp³-hybridized carbons (Fsp3) is 0.222. The molecule has 5 nitrogen and oxygen atoms in total. The van der Waals surface area contributed by atoms with Crippen LogP contribution in [0.1, 0.15) is 25.6 Å². The summed E-state index contributed by atoms with van der Waals surface area (Å²) >= 11 is 0. The predicted octanol–water partition coefficient (Wildman–Crippen LogP) is 3.54. The van der Waals surface area contributed by atoms with Gasteiger partial charge in [-0.2, -0.15) is 0 Å². The van der Waals surface area contributed by atoms with Gasteiger partial charge in [0.05, 0.1) is 11.8 Å². The summed E-state index contributed by atoms with van der Waals surface area (Å²) in [5.74, 6) is -2.16. The molecule has 0 spiro atoms. The number of aliphatic hydroxyl groups excluding tert-OH is 1. The van der Waals surface area contributed by atoms with Crippen molar-refractivity contribution in [3.63, 3.8) is 0 Å². The molecular formula is C18H16FNO4. The van der Waals surface area contributed by atoms with Crippen molar-refractivity contribution in [3.8, 4) is 0 Å². The number of hydrogen-bond acceptors (Lipinski definition) is 4. The van der Waals surface area contributed by atoms with E-state index in [0.29, 0.717) is 11.4 Å². The van der Waals surface area contributed by atoms with E-state index in [1.54, 1.807) is 26.0 Å². The number of rotatable bonds is 4. The first-order valence-electron chi connectivity index (χ1n) is 7.51. The second-order valence-corrected chi connectivity index (χ2v) is 5.85. The van der Waals surface area contributed by atoms with Crippen LogP contribution in [0.5, 0.6) is 0 Å². The van der Waals surface area contributed by atoms with Crippen molar-refractivity contribution < 1.29 is 23.5 Å². The molecule has 0 aliphatic carbocycles. The molecule has 2 heterocycles. The molecule has 124 valence electrons. The summed E-state index contributed by atoms with van der Waals surface area (Å²) in [6, 6.07) is 7.63. The number of hydrogen-bond donors (Lipinski definition) is 1. The van der Waals surface area contributed by atoms with Crippen LogP contribution in [-0.2, 0) is 9.59 Å². The van der Waals surface area contributed by atoms with Gasteiger partial charge < -0.3 is 9.52 Å². The molecule has 1 aliphatic rings. The van der Waals surface area contributed by atoms with Gasteiger partial charge in [0, 0.05) is 11.6 Å². The average Bonchev–Trinajstić information content (AvgIpc) is 3.16. The maximum absolute atomic E-state index is 13.2. The number of benzene rings is 1. The predicted molar refractivity (Wildman–Crippen MR) is 84.8 cm³/mol. The van der Waals surface area contributed by atoms with Gasteiger partial charge in [-0.25, -0.2) is 4.39 Å². The molecule has 0 saturated heterocycles. The van der Waals surface area contributed by atoms with Crippen molar-refractivity contribution in [2.75, 3.05) is 4.90 Å². The number of amides is 1. The first-order valence-corrected chi connectivity index (χ1v) is 7.51. The molecule has 1 atom stereocenters. The van der Waals surface area contributed by atoms with Crippen LogP contribution in [0.2, 0.25) is 0 Å². The van der Waals surface area contributed by atoms with E-state index in [9.17, 15) is 19.1 Å². The Labute approximate surface area is 138 Å². The normalized spacial score (nSPS) is 17.9. The first-order chi connectivity index (χ1) is 11.4. The zero-order valence-electron chi connectivity index (χ0n) is 13.2. The van der Waals surface area contributed by atoms with E-state index in [2.05, 4.69) is 0 Å². The summed E-state index contributed by atoms with van der Waals surface area (Å²) in [4.78, 5) is 26.3. The zero-order valence-corrected chi connectivity index (χ0v) is 13.2. The number of carbonyl (C=O) groups is 2. The number of halogens is 1. The topological polar surface area (TPSA) is 70.8 Å². The highest BCUT2D eigenvalue weighted by Crippen LogP contribution is 2.41. The van der Waals surface area contributed by atoms with Crippen molar-refractivity contribution in [1.82, 2.24) is 0 Å². The van der Waals surface area contributed by atoms with Gasteiger partial charge in [-0.1, -0.05) is 13.8 Å². The van der Waals surface area contributed by atoms with Gasteiger partial charge in [-0.05, 0) is 36.4 Å². The van der Waals surface area contributed by atoms with Gasteiger partial charge in [0.25, 0.3) is 5.91 Å². The van der Waals surface area contributed by atoms with Crippen molar-refractivity contribution >= 4 is 17.4 Å². The lowest BCUT2D eigenvalue weighted by Crippen LogP contribution is -2.31. The molecule has 0 bridgehead atoms. The lowest BCUT2D eigenvalue weighted by molar-refractivity contribution is -0.119. The lowest BCUT2D eigenvalue weighted by Gasteiger charge is -2.25. The van der Waals surface area contributed by atoms with Crippen LogP contribution < -0.4 is 4.90 Å². The minimum absolute atomic E-state index is 0.00530. The Balaban J connectivity index is 2.15. The molecule has 24 heavy (non-hydrogen) atoms. The van der Waals surface area contributed by atoms with Crippen LogP contribution in [0, 0.1) is 11.7 Å². The zero-order chi connectivity index (χ0) is 17.4. The number of anilines is 1. The second-order valence-electron chi connectivity index (χ2n) is 5.85. The maximum atomic E-state index is 13.2. The van der Waals surface area contributed by atoms with Crippen LogP contribution in [0.25, 0.3) is 0 Å². The molecule has 0 radical (unpaired) electrons. The third kappa shape index (κ3) is 2.50. The highest BCUT2D eigenvalue weighted by molar-refractivity contribution is 6.16. The Kier molecular flexibility index (Phi) is 3.97. The summed E-state index contributed by atoms with van der Waals surface area (Å²) in [7, 11) is 0. The van der Waals surface area contributed by atoms with Gasteiger partial charge in [0.2, 0.25) is 0 Å². The number of furan rings is 1. The number of carbonyl (C=O) groups excluding carboxylic acids is 2. The molecule has 1 aromatic carbocycles. The maximum Gasteiger partial charge on any atom is 0.294 e. The van der Waals surface area contributed by atoms with Gasteiger partial charge in [0.1, 0.15) is 17.6 Å². The summed E-state index contributed by atoms with van der Waals surface area (Å²) in [6.07, 6.45) is 1.43. The average molecular weight is 329 g/mol. The number of nitrogens with zero attached hydrogens (tertiary/aromatic N) is 1. The fourth-order valence-corrected chi connectivity index (χ4v) is 2.75. The highest BCUT2D eigenvalue weighted by Gasteiger charge is 2.46. The van der Waals surface area contributed by atoms with Crippen molar-refractivity contribution in [3.05, 3.63) is 65.6 Å². The van der Waals surface area contributed by atoms with E-state index < -0.39 is 29.4 Å². The second kappa shape index (κ2) is 5.96. The SMILES string of the molecule is CC(C)C(=O)C1=C(O)C(=O)N(c2ccc(F)cc2)C1c1ccco1. The fourth-order valence-electron chi connectivity index (χ4n) is 2.75. The summed E-state index contributed by atoms with van der Waals surface area (Å²) in [5.41, 5.74) is 0.357. The van der Waals surface area contributed by atoms with Crippen LogP contribution in [0.4, 0.5) is 10.1 Å². The molecule has 0 fully saturated rings. The lowest BCUT2D eigenvalue weighted by atomic mass is 9.94. The van der Waals surface area contributed by atoms with Crippen LogP contribution >= 0.6 is 0 Å². The van der Waals surface area contributed by atoms with Gasteiger partial charge in [-0.15, -0.1) is 0 Å². The van der Waals surface area contributed by atoms with E-state index in [0.717, 1.165) is 0 Å². The third-order valence-electron chi connectivity index (χ3n) is 3.92. The van der Waals surface area contributed by atoms with Crippen molar-refractivity contribution in [1.29, 1.82) is 0 Å². The molecule has 0 saturated carbocycles. The summed E-state index contributed by atoms with van der Waals surface area (Å²) in [6.45, 7) is 3.37. The molecule has 1 aromatic heterocycles. The number of Topliss-reactive ketones (excluding diaryl/α,β-unsaturated/α-hetero) is 1. The van der Waals surface area contributed by atoms with Crippen molar-refractivity contribution in [2.24, 2.45) is 5.92 Å². The molecular weight excluding hydrogens is 313 g/mol. The van der Waals surface area contributed by atoms with E-state index >= 15 is 0 Å². The Hall–Kier alpha value is -2.89. The quantitative estimate of drug-likeness (QED) is 0.931. The summed E-state index contributed by atoms with van der Waals surface area (Å²) < 4.78 is 18.6. The summed E-state index contributed by atoms with van der Waals surface area (Å²) in [5, 5.41) is 10.3. The molecule has 1 N–H and O–H groups in total. The minimum Gasteiger partial charge on any atom is -0.503 e. The molecule has 2 aromatic rings. The Morgan fingerprint density at radius 2 is 1.92 bits per heavy atom. The van der Waals surface area contributed by atoms with Crippen molar-refractivity contribution in [2.45, 2.75) is 19.9 Å².